The van der Waals surface area contributed by atoms with E-state index in [0.717, 1.165) is 22.3 Å². The molecule has 2 unspecified atom stereocenters. The number of carboxylic acids is 1. The lowest BCUT2D eigenvalue weighted by atomic mass is 10.1. The molecule has 2 N–H and O–H groups in total. The fourth-order valence-electron chi connectivity index (χ4n) is 2.13. The van der Waals surface area contributed by atoms with Gasteiger partial charge in [0.1, 0.15) is 17.4 Å². The highest BCUT2D eigenvalue weighted by Crippen LogP contribution is 2.29. The van der Waals surface area contributed by atoms with E-state index >= 15 is 0 Å². The highest BCUT2D eigenvalue weighted by atomic mass is 16.4. The summed E-state index contributed by atoms with van der Waals surface area (Å²) in [6, 6.07) is 7.07. The summed E-state index contributed by atoms with van der Waals surface area (Å²) in [6.07, 6.45) is 0. The van der Waals surface area contributed by atoms with E-state index in [1.807, 2.05) is 38.1 Å². The van der Waals surface area contributed by atoms with E-state index in [0.29, 0.717) is 0 Å². The van der Waals surface area contributed by atoms with Gasteiger partial charge in [-0.2, -0.15) is 0 Å². The van der Waals surface area contributed by atoms with Crippen LogP contribution in [0.3, 0.4) is 0 Å². The first-order valence-corrected chi connectivity index (χ1v) is 5.97. The molecule has 2 atom stereocenters. The maximum absolute atomic E-state index is 10.8. The van der Waals surface area contributed by atoms with Gasteiger partial charge >= 0.3 is 5.97 Å². The molecule has 4 nitrogen and oxygen atoms in total. The van der Waals surface area contributed by atoms with Gasteiger partial charge in [-0.3, -0.25) is 10.1 Å². The van der Waals surface area contributed by atoms with Crippen LogP contribution in [0.1, 0.15) is 31.2 Å². The average Bonchev–Trinajstić information content (AvgIpc) is 2.67. The Bertz CT molecular complexity index is 573. The van der Waals surface area contributed by atoms with E-state index in [1.54, 1.807) is 6.92 Å². The van der Waals surface area contributed by atoms with Gasteiger partial charge in [-0.1, -0.05) is 18.2 Å². The first-order chi connectivity index (χ1) is 8.50. The summed E-state index contributed by atoms with van der Waals surface area (Å²) in [5.41, 5.74) is 1.89. The van der Waals surface area contributed by atoms with Crippen LogP contribution in [0.4, 0.5) is 0 Å². The van der Waals surface area contributed by atoms with Gasteiger partial charge in [0.25, 0.3) is 0 Å². The molecule has 4 heteroatoms. The van der Waals surface area contributed by atoms with Gasteiger partial charge in [0.15, 0.2) is 0 Å². The summed E-state index contributed by atoms with van der Waals surface area (Å²) in [7, 11) is 0. The molecule has 0 saturated carbocycles. The van der Waals surface area contributed by atoms with Gasteiger partial charge in [-0.15, -0.1) is 0 Å². The van der Waals surface area contributed by atoms with Gasteiger partial charge in [-0.25, -0.2) is 0 Å². The zero-order chi connectivity index (χ0) is 13.3. The minimum Gasteiger partial charge on any atom is -0.480 e. The van der Waals surface area contributed by atoms with Crippen molar-refractivity contribution >= 4 is 16.9 Å². The number of aliphatic carboxylic acids is 1. The Balaban J connectivity index is 2.30. The Hall–Kier alpha value is -1.81. The Morgan fingerprint density at radius 1 is 1.33 bits per heavy atom. The molecule has 0 aliphatic carbocycles. The summed E-state index contributed by atoms with van der Waals surface area (Å²) in [6.45, 7) is 5.52. The normalized spacial score (nSPS) is 14.6. The highest BCUT2D eigenvalue weighted by molar-refractivity contribution is 5.82. The van der Waals surface area contributed by atoms with Gasteiger partial charge in [0, 0.05) is 5.39 Å². The summed E-state index contributed by atoms with van der Waals surface area (Å²) in [5.74, 6) is -0.0695. The number of para-hydroxylation sites is 1. The Morgan fingerprint density at radius 2 is 2.00 bits per heavy atom. The van der Waals surface area contributed by atoms with E-state index in [4.69, 9.17) is 9.52 Å². The molecule has 0 amide bonds. The molecule has 0 aliphatic heterocycles. The predicted molar refractivity (Wildman–Crippen MR) is 69.6 cm³/mol. The monoisotopic (exact) mass is 247 g/mol. The van der Waals surface area contributed by atoms with E-state index in [-0.39, 0.29) is 6.04 Å². The predicted octanol–water partition coefficient (Wildman–Crippen LogP) is 2.86. The van der Waals surface area contributed by atoms with Crippen LogP contribution >= 0.6 is 0 Å². The SMILES string of the molecule is Cc1c(C(C)NC(C)C(=O)O)oc2ccccc12. The third kappa shape index (κ3) is 2.24. The third-order valence-electron chi connectivity index (χ3n) is 3.14. The summed E-state index contributed by atoms with van der Waals surface area (Å²) >= 11 is 0. The van der Waals surface area contributed by atoms with Crippen molar-refractivity contribution in [2.75, 3.05) is 0 Å². The number of rotatable bonds is 4. The first kappa shape index (κ1) is 12.6. The second-order valence-electron chi connectivity index (χ2n) is 4.54. The molecule has 1 aromatic carbocycles. The molecule has 18 heavy (non-hydrogen) atoms. The van der Waals surface area contributed by atoms with Gasteiger partial charge in [-0.05, 0) is 32.4 Å². The minimum absolute atomic E-state index is 0.136. The third-order valence-corrected chi connectivity index (χ3v) is 3.14. The minimum atomic E-state index is -0.865. The van der Waals surface area contributed by atoms with Crippen molar-refractivity contribution in [1.82, 2.24) is 5.32 Å². The first-order valence-electron chi connectivity index (χ1n) is 5.97. The second-order valence-corrected chi connectivity index (χ2v) is 4.54. The van der Waals surface area contributed by atoms with Crippen LogP contribution < -0.4 is 5.32 Å². The van der Waals surface area contributed by atoms with E-state index in [9.17, 15) is 4.79 Å². The van der Waals surface area contributed by atoms with E-state index < -0.39 is 12.0 Å². The summed E-state index contributed by atoms with van der Waals surface area (Å²) in [4.78, 5) is 10.8. The van der Waals surface area contributed by atoms with Crippen molar-refractivity contribution in [1.29, 1.82) is 0 Å². The summed E-state index contributed by atoms with van der Waals surface area (Å²) in [5, 5.41) is 13.0. The second kappa shape index (κ2) is 4.82. The molecule has 0 fully saturated rings. The number of furan rings is 1. The molecule has 96 valence electrons. The van der Waals surface area contributed by atoms with Crippen molar-refractivity contribution in [2.45, 2.75) is 32.9 Å². The standard InChI is InChI=1S/C14H17NO3/c1-8-11-6-4-5-7-12(11)18-13(8)9(2)15-10(3)14(16)17/h4-7,9-10,15H,1-3H3,(H,16,17). The van der Waals surface area contributed by atoms with Crippen LogP contribution in [-0.2, 0) is 4.79 Å². The lowest BCUT2D eigenvalue weighted by Crippen LogP contribution is -2.35. The number of fused-ring (bicyclic) bond motifs is 1. The topological polar surface area (TPSA) is 62.5 Å². The molecule has 2 aromatic rings. The van der Waals surface area contributed by atoms with Gasteiger partial charge < -0.3 is 9.52 Å². The maximum atomic E-state index is 10.8. The number of hydrogen-bond acceptors (Lipinski definition) is 3. The smallest absolute Gasteiger partial charge is 0.320 e. The average molecular weight is 247 g/mol. The Morgan fingerprint density at radius 3 is 2.61 bits per heavy atom. The largest absolute Gasteiger partial charge is 0.480 e. The zero-order valence-corrected chi connectivity index (χ0v) is 10.7. The molecular weight excluding hydrogens is 230 g/mol. The number of benzene rings is 1. The molecular formula is C14H17NO3. The van der Waals surface area contributed by atoms with Crippen LogP contribution in [0.15, 0.2) is 28.7 Å². The number of hydrogen-bond donors (Lipinski definition) is 2. The number of carboxylic acid groups (broad SMARTS) is 1. The lowest BCUT2D eigenvalue weighted by Gasteiger charge is -2.15. The molecule has 2 rings (SSSR count). The van der Waals surface area contributed by atoms with Crippen LogP contribution in [0.2, 0.25) is 0 Å². The number of nitrogens with one attached hydrogen (secondary N) is 1. The Kier molecular flexibility index (Phi) is 3.39. The molecule has 0 spiro atoms. The van der Waals surface area contributed by atoms with Gasteiger partial charge in [0.2, 0.25) is 0 Å². The fraction of sp³-hybridized carbons (Fsp3) is 0.357. The zero-order valence-electron chi connectivity index (χ0n) is 10.7. The lowest BCUT2D eigenvalue weighted by molar-refractivity contribution is -0.139. The quantitative estimate of drug-likeness (QED) is 0.872. The van der Waals surface area contributed by atoms with Crippen molar-refractivity contribution in [3.63, 3.8) is 0 Å². The van der Waals surface area contributed by atoms with E-state index in [1.165, 1.54) is 0 Å². The molecule has 0 radical (unpaired) electrons. The van der Waals surface area contributed by atoms with Crippen LogP contribution in [0.5, 0.6) is 0 Å². The van der Waals surface area contributed by atoms with Crippen LogP contribution in [0.25, 0.3) is 11.0 Å². The van der Waals surface area contributed by atoms with Crippen molar-refractivity contribution in [2.24, 2.45) is 0 Å². The molecule has 1 heterocycles. The van der Waals surface area contributed by atoms with Crippen molar-refractivity contribution in [3.05, 3.63) is 35.6 Å². The van der Waals surface area contributed by atoms with Crippen LogP contribution in [0, 0.1) is 6.92 Å². The Labute approximate surface area is 106 Å². The number of carbonyl (C=O) groups is 1. The maximum Gasteiger partial charge on any atom is 0.320 e. The van der Waals surface area contributed by atoms with Crippen LogP contribution in [-0.4, -0.2) is 17.1 Å². The molecule has 1 aromatic heterocycles. The molecule has 0 saturated heterocycles. The number of aryl methyl sites for hydroxylation is 1. The van der Waals surface area contributed by atoms with Gasteiger partial charge in [0.05, 0.1) is 6.04 Å². The summed E-state index contributed by atoms with van der Waals surface area (Å²) < 4.78 is 5.79. The molecule has 0 bridgehead atoms. The van der Waals surface area contributed by atoms with Crippen molar-refractivity contribution < 1.29 is 14.3 Å². The highest BCUT2D eigenvalue weighted by Gasteiger charge is 2.20. The van der Waals surface area contributed by atoms with E-state index in [2.05, 4.69) is 5.32 Å². The fourth-order valence-corrected chi connectivity index (χ4v) is 2.13. The van der Waals surface area contributed by atoms with Crippen molar-refractivity contribution in [3.8, 4) is 0 Å². The molecule has 0 aliphatic rings.